The molecule has 1 aromatic rings. The highest BCUT2D eigenvalue weighted by molar-refractivity contribution is 6.07. The van der Waals surface area contributed by atoms with Crippen LogP contribution in [0.2, 0.25) is 0 Å². The van der Waals surface area contributed by atoms with Gasteiger partial charge in [0.2, 0.25) is 11.8 Å². The van der Waals surface area contributed by atoms with Crippen LogP contribution in [0.15, 0.2) is 24.3 Å². The molecule has 5 nitrogen and oxygen atoms in total. The van der Waals surface area contributed by atoms with Gasteiger partial charge in [-0.1, -0.05) is 18.2 Å². The van der Waals surface area contributed by atoms with Crippen molar-refractivity contribution in [3.8, 4) is 0 Å². The van der Waals surface area contributed by atoms with Crippen LogP contribution in [0.5, 0.6) is 0 Å². The molecule has 2 rings (SSSR count). The van der Waals surface area contributed by atoms with Crippen molar-refractivity contribution in [1.82, 2.24) is 10.2 Å². The molecule has 0 saturated carbocycles. The van der Waals surface area contributed by atoms with Gasteiger partial charge < -0.3 is 15.1 Å². The van der Waals surface area contributed by atoms with Crippen molar-refractivity contribution in [2.24, 2.45) is 0 Å². The minimum Gasteiger partial charge on any atom is -0.347 e. The van der Waals surface area contributed by atoms with Gasteiger partial charge in [0.15, 0.2) is 0 Å². The Balaban J connectivity index is 2.32. The zero-order chi connectivity index (χ0) is 13.3. The summed E-state index contributed by atoms with van der Waals surface area (Å²) in [7, 11) is 5.12. The number of nitrogens with zero attached hydrogens (tertiary/aromatic N) is 2. The second-order valence-electron chi connectivity index (χ2n) is 4.49. The molecule has 0 saturated heterocycles. The predicted octanol–water partition coefficient (Wildman–Crippen LogP) is 0.382. The molecule has 18 heavy (non-hydrogen) atoms. The van der Waals surface area contributed by atoms with Gasteiger partial charge in [-0.2, -0.15) is 0 Å². The van der Waals surface area contributed by atoms with E-state index < -0.39 is 0 Å². The summed E-state index contributed by atoms with van der Waals surface area (Å²) < 4.78 is 0. The number of rotatable bonds is 3. The lowest BCUT2D eigenvalue weighted by Crippen LogP contribution is -2.40. The second kappa shape index (κ2) is 4.78. The number of anilines is 1. The van der Waals surface area contributed by atoms with Crippen LogP contribution in [0.25, 0.3) is 0 Å². The molecule has 2 amide bonds. The molecule has 1 aliphatic rings. The van der Waals surface area contributed by atoms with E-state index in [2.05, 4.69) is 5.32 Å². The molecule has 0 aromatic heterocycles. The summed E-state index contributed by atoms with van der Waals surface area (Å²) in [5, 5.41) is 2.99. The first-order valence-corrected chi connectivity index (χ1v) is 5.84. The van der Waals surface area contributed by atoms with E-state index in [1.54, 1.807) is 26.0 Å². The van der Waals surface area contributed by atoms with Crippen LogP contribution in [0.1, 0.15) is 11.6 Å². The molecule has 0 aliphatic carbocycles. The van der Waals surface area contributed by atoms with Gasteiger partial charge in [0, 0.05) is 25.3 Å². The maximum absolute atomic E-state index is 12.2. The summed E-state index contributed by atoms with van der Waals surface area (Å²) in [5.74, 6) is -0.163. The summed E-state index contributed by atoms with van der Waals surface area (Å²) in [4.78, 5) is 27.0. The standard InChI is InChI=1S/C13H17N3O2/c1-14-12-9-6-4-5-7-10(9)16(13(12)18)8-11(17)15(2)3/h4-7,12,14H,8H2,1-3H3. The van der Waals surface area contributed by atoms with Crippen molar-refractivity contribution >= 4 is 17.5 Å². The van der Waals surface area contributed by atoms with Gasteiger partial charge in [0.1, 0.15) is 12.6 Å². The molecule has 1 aliphatic heterocycles. The van der Waals surface area contributed by atoms with Gasteiger partial charge >= 0.3 is 0 Å². The first-order chi connectivity index (χ1) is 8.56. The Hall–Kier alpha value is -1.88. The smallest absolute Gasteiger partial charge is 0.249 e. The van der Waals surface area contributed by atoms with Crippen LogP contribution in [0.3, 0.4) is 0 Å². The SMILES string of the molecule is CNC1C(=O)N(CC(=O)N(C)C)c2ccccc21. The number of amides is 2. The van der Waals surface area contributed by atoms with Crippen molar-refractivity contribution in [1.29, 1.82) is 0 Å². The zero-order valence-electron chi connectivity index (χ0n) is 10.8. The topological polar surface area (TPSA) is 52.7 Å². The lowest BCUT2D eigenvalue weighted by molar-refractivity contribution is -0.129. The zero-order valence-corrected chi connectivity index (χ0v) is 10.8. The molecule has 1 aromatic carbocycles. The van der Waals surface area contributed by atoms with Crippen LogP contribution in [-0.4, -0.2) is 44.4 Å². The molecule has 1 heterocycles. The normalized spacial score (nSPS) is 17.8. The van der Waals surface area contributed by atoms with E-state index in [4.69, 9.17) is 0 Å². The maximum atomic E-state index is 12.2. The number of hydrogen-bond donors (Lipinski definition) is 1. The van der Waals surface area contributed by atoms with Gasteiger partial charge in [-0.05, 0) is 13.1 Å². The molecule has 0 radical (unpaired) electrons. The first-order valence-electron chi connectivity index (χ1n) is 5.84. The lowest BCUT2D eigenvalue weighted by Gasteiger charge is -2.19. The number of likely N-dealkylation sites (N-methyl/N-ethyl adjacent to an activating group) is 2. The molecular weight excluding hydrogens is 230 g/mol. The molecule has 96 valence electrons. The monoisotopic (exact) mass is 247 g/mol. The maximum Gasteiger partial charge on any atom is 0.249 e. The Labute approximate surface area is 106 Å². The molecule has 1 N–H and O–H groups in total. The highest BCUT2D eigenvalue weighted by Crippen LogP contribution is 2.35. The Kier molecular flexibility index (Phi) is 3.34. The second-order valence-corrected chi connectivity index (χ2v) is 4.49. The summed E-state index contributed by atoms with van der Waals surface area (Å²) >= 11 is 0. The fourth-order valence-corrected chi connectivity index (χ4v) is 2.10. The van der Waals surface area contributed by atoms with E-state index in [0.29, 0.717) is 0 Å². The number of para-hydroxylation sites is 1. The molecule has 1 unspecified atom stereocenters. The van der Waals surface area contributed by atoms with Gasteiger partial charge in [-0.15, -0.1) is 0 Å². The van der Waals surface area contributed by atoms with Crippen LogP contribution < -0.4 is 10.2 Å². The molecular formula is C13H17N3O2. The van der Waals surface area contributed by atoms with E-state index in [9.17, 15) is 9.59 Å². The summed E-state index contributed by atoms with van der Waals surface area (Å²) in [6.07, 6.45) is 0. The first kappa shape index (κ1) is 12.6. The van der Waals surface area contributed by atoms with Crippen molar-refractivity contribution in [3.05, 3.63) is 29.8 Å². The van der Waals surface area contributed by atoms with Gasteiger partial charge in [-0.3, -0.25) is 9.59 Å². The minimum absolute atomic E-state index is 0.0751. The molecule has 5 heteroatoms. The number of fused-ring (bicyclic) bond motifs is 1. The third-order valence-electron chi connectivity index (χ3n) is 3.13. The molecule has 1 atom stereocenters. The van der Waals surface area contributed by atoms with Crippen molar-refractivity contribution < 1.29 is 9.59 Å². The number of nitrogens with one attached hydrogen (secondary N) is 1. The highest BCUT2D eigenvalue weighted by atomic mass is 16.2. The van der Waals surface area contributed by atoms with Gasteiger partial charge in [0.05, 0.1) is 0 Å². The van der Waals surface area contributed by atoms with Gasteiger partial charge in [0.25, 0.3) is 0 Å². The number of carbonyl (C=O) groups excluding carboxylic acids is 2. The molecule has 0 fully saturated rings. The van der Waals surface area contributed by atoms with E-state index in [-0.39, 0.29) is 24.4 Å². The highest BCUT2D eigenvalue weighted by Gasteiger charge is 2.36. The summed E-state index contributed by atoms with van der Waals surface area (Å²) in [5.41, 5.74) is 1.74. The number of benzene rings is 1. The molecule has 0 bridgehead atoms. The Bertz CT molecular complexity index is 485. The Morgan fingerprint density at radius 2 is 2.06 bits per heavy atom. The average molecular weight is 247 g/mol. The Morgan fingerprint density at radius 1 is 1.39 bits per heavy atom. The third kappa shape index (κ3) is 1.97. The Morgan fingerprint density at radius 3 is 2.67 bits per heavy atom. The van der Waals surface area contributed by atoms with Crippen molar-refractivity contribution in [2.45, 2.75) is 6.04 Å². The summed E-state index contributed by atoms with van der Waals surface area (Å²) in [6.45, 7) is 0.0844. The van der Waals surface area contributed by atoms with Crippen LogP contribution >= 0.6 is 0 Å². The predicted molar refractivity (Wildman–Crippen MR) is 69.3 cm³/mol. The number of carbonyl (C=O) groups is 2. The van der Waals surface area contributed by atoms with Crippen molar-refractivity contribution in [3.63, 3.8) is 0 Å². The van der Waals surface area contributed by atoms with Gasteiger partial charge in [-0.25, -0.2) is 0 Å². The molecule has 0 spiro atoms. The lowest BCUT2D eigenvalue weighted by atomic mass is 10.1. The van der Waals surface area contributed by atoms with E-state index in [1.165, 1.54) is 4.90 Å². The van der Waals surface area contributed by atoms with Crippen molar-refractivity contribution in [2.75, 3.05) is 32.6 Å². The van der Waals surface area contributed by atoms with E-state index in [1.807, 2.05) is 24.3 Å². The third-order valence-corrected chi connectivity index (χ3v) is 3.13. The largest absolute Gasteiger partial charge is 0.347 e. The minimum atomic E-state index is -0.351. The van der Waals surface area contributed by atoms with E-state index in [0.717, 1.165) is 11.3 Å². The average Bonchev–Trinajstić information content (AvgIpc) is 2.62. The van der Waals surface area contributed by atoms with Crippen LogP contribution in [-0.2, 0) is 9.59 Å². The summed E-state index contributed by atoms with van der Waals surface area (Å²) in [6, 6.07) is 7.20. The van der Waals surface area contributed by atoms with Crippen LogP contribution in [0, 0.1) is 0 Å². The van der Waals surface area contributed by atoms with E-state index >= 15 is 0 Å². The number of hydrogen-bond acceptors (Lipinski definition) is 3. The van der Waals surface area contributed by atoms with Crippen LogP contribution in [0.4, 0.5) is 5.69 Å². The quantitative estimate of drug-likeness (QED) is 0.840. The fraction of sp³-hybridized carbons (Fsp3) is 0.385. The fourth-order valence-electron chi connectivity index (χ4n) is 2.10.